The standard InChI is InChI=1S/C23H22Cl2N2O3/c1-12-11-17(20(25)13(2)19(12)24)22(29)18-14(3)26-27(5)23(18)30-15(4)21(28)16-9-7-6-8-10-16/h6-11,15H,1-5H3. The van der Waals surface area contributed by atoms with Gasteiger partial charge >= 0.3 is 0 Å². The van der Waals surface area contributed by atoms with Crippen LogP contribution in [0.3, 0.4) is 0 Å². The summed E-state index contributed by atoms with van der Waals surface area (Å²) in [6, 6.07) is 10.5. The monoisotopic (exact) mass is 444 g/mol. The Morgan fingerprint density at radius 2 is 1.70 bits per heavy atom. The molecule has 3 rings (SSSR count). The first-order chi connectivity index (χ1) is 14.1. The number of ether oxygens (including phenoxy) is 1. The number of carbonyl (C=O) groups is 2. The molecule has 1 heterocycles. The van der Waals surface area contributed by atoms with Gasteiger partial charge in [-0.1, -0.05) is 53.5 Å². The van der Waals surface area contributed by atoms with E-state index < -0.39 is 6.10 Å². The Kier molecular flexibility index (Phi) is 6.34. The van der Waals surface area contributed by atoms with Crippen LogP contribution >= 0.6 is 23.2 Å². The lowest BCUT2D eigenvalue weighted by Crippen LogP contribution is -2.25. The summed E-state index contributed by atoms with van der Waals surface area (Å²) in [5.74, 6) is -0.303. The molecule has 1 unspecified atom stereocenters. The van der Waals surface area contributed by atoms with Crippen LogP contribution in [0.2, 0.25) is 10.0 Å². The van der Waals surface area contributed by atoms with E-state index in [2.05, 4.69) is 5.10 Å². The SMILES string of the molecule is Cc1cc(C(=O)c2c(C)nn(C)c2OC(C)C(=O)c2ccccc2)c(Cl)c(C)c1Cl. The third-order valence-electron chi connectivity index (χ3n) is 4.96. The number of hydrogen-bond acceptors (Lipinski definition) is 4. The first kappa shape index (κ1) is 22.1. The normalized spacial score (nSPS) is 12.0. The molecule has 5 nitrogen and oxygen atoms in total. The summed E-state index contributed by atoms with van der Waals surface area (Å²) in [7, 11) is 1.67. The lowest BCUT2D eigenvalue weighted by Gasteiger charge is -2.16. The second-order valence-electron chi connectivity index (χ2n) is 7.20. The maximum atomic E-state index is 13.4. The molecule has 7 heteroatoms. The number of Topliss-reactive ketones (excluding diaryl/α,β-unsaturated/α-hetero) is 1. The minimum absolute atomic E-state index is 0.191. The summed E-state index contributed by atoms with van der Waals surface area (Å²) in [5, 5.41) is 5.14. The predicted molar refractivity (Wildman–Crippen MR) is 118 cm³/mol. The zero-order valence-electron chi connectivity index (χ0n) is 17.4. The van der Waals surface area contributed by atoms with Gasteiger partial charge in [0.15, 0.2) is 6.10 Å². The van der Waals surface area contributed by atoms with Gasteiger partial charge in [0.1, 0.15) is 5.56 Å². The quantitative estimate of drug-likeness (QED) is 0.468. The molecule has 0 amide bonds. The van der Waals surface area contributed by atoms with Gasteiger partial charge in [0.25, 0.3) is 0 Å². The summed E-state index contributed by atoms with van der Waals surface area (Å²) in [4.78, 5) is 26.1. The van der Waals surface area contributed by atoms with Crippen LogP contribution in [0.4, 0.5) is 0 Å². The van der Waals surface area contributed by atoms with Crippen molar-refractivity contribution in [3.63, 3.8) is 0 Å². The highest BCUT2D eigenvalue weighted by molar-refractivity contribution is 6.39. The van der Waals surface area contributed by atoms with Crippen molar-refractivity contribution in [2.45, 2.75) is 33.8 Å². The maximum absolute atomic E-state index is 13.4. The van der Waals surface area contributed by atoms with Crippen molar-refractivity contribution in [2.24, 2.45) is 7.05 Å². The number of ketones is 2. The number of benzene rings is 2. The zero-order valence-corrected chi connectivity index (χ0v) is 18.9. The largest absolute Gasteiger partial charge is 0.466 e. The fourth-order valence-electron chi connectivity index (χ4n) is 3.33. The highest BCUT2D eigenvalue weighted by Gasteiger charge is 2.28. The van der Waals surface area contributed by atoms with Gasteiger partial charge in [0.05, 0.1) is 10.7 Å². The van der Waals surface area contributed by atoms with E-state index in [1.165, 1.54) is 4.68 Å². The first-order valence-corrected chi connectivity index (χ1v) is 10.2. The van der Waals surface area contributed by atoms with Crippen molar-refractivity contribution in [1.82, 2.24) is 9.78 Å². The predicted octanol–water partition coefficient (Wildman–Crippen LogP) is 5.53. The molecular weight excluding hydrogens is 423 g/mol. The molecule has 0 spiro atoms. The molecule has 0 bridgehead atoms. The third kappa shape index (κ3) is 4.00. The van der Waals surface area contributed by atoms with Crippen LogP contribution in [0, 0.1) is 20.8 Å². The van der Waals surface area contributed by atoms with E-state index in [1.54, 1.807) is 58.2 Å². The van der Waals surface area contributed by atoms with Gasteiger partial charge < -0.3 is 4.74 Å². The van der Waals surface area contributed by atoms with Crippen LogP contribution in [-0.2, 0) is 7.05 Å². The van der Waals surface area contributed by atoms with Crippen LogP contribution < -0.4 is 4.74 Å². The summed E-state index contributed by atoms with van der Waals surface area (Å²) >= 11 is 12.7. The smallest absolute Gasteiger partial charge is 0.224 e. The minimum atomic E-state index is -0.807. The van der Waals surface area contributed by atoms with Gasteiger partial charge in [-0.15, -0.1) is 0 Å². The number of hydrogen-bond donors (Lipinski definition) is 0. The average Bonchev–Trinajstić information content (AvgIpc) is 3.01. The number of aromatic nitrogens is 2. The van der Waals surface area contributed by atoms with Gasteiger partial charge in [-0.05, 0) is 44.9 Å². The maximum Gasteiger partial charge on any atom is 0.224 e. The van der Waals surface area contributed by atoms with Crippen LogP contribution in [0.25, 0.3) is 0 Å². The van der Waals surface area contributed by atoms with Crippen molar-refractivity contribution in [2.75, 3.05) is 0 Å². The van der Waals surface area contributed by atoms with E-state index in [4.69, 9.17) is 27.9 Å². The van der Waals surface area contributed by atoms with Crippen LogP contribution in [0.1, 0.15) is 50.0 Å². The Morgan fingerprint density at radius 3 is 2.33 bits per heavy atom. The summed E-state index contributed by atoms with van der Waals surface area (Å²) < 4.78 is 7.40. The molecule has 0 aliphatic rings. The van der Waals surface area contributed by atoms with E-state index >= 15 is 0 Å². The van der Waals surface area contributed by atoms with Crippen LogP contribution in [0.15, 0.2) is 36.4 Å². The van der Waals surface area contributed by atoms with Crippen molar-refractivity contribution in [1.29, 1.82) is 0 Å². The van der Waals surface area contributed by atoms with Crippen molar-refractivity contribution >= 4 is 34.8 Å². The van der Waals surface area contributed by atoms with Gasteiger partial charge in [-0.25, -0.2) is 4.68 Å². The number of halogens is 2. The number of rotatable bonds is 6. The van der Waals surface area contributed by atoms with E-state index in [0.29, 0.717) is 32.4 Å². The number of aryl methyl sites for hydroxylation is 3. The summed E-state index contributed by atoms with van der Waals surface area (Å²) in [6.07, 6.45) is -0.807. The second-order valence-corrected chi connectivity index (χ2v) is 7.96. The van der Waals surface area contributed by atoms with Gasteiger partial charge in [-0.2, -0.15) is 5.10 Å². The van der Waals surface area contributed by atoms with Gasteiger partial charge in [0.2, 0.25) is 17.4 Å². The van der Waals surface area contributed by atoms with E-state index in [0.717, 1.165) is 5.56 Å². The fourth-order valence-corrected chi connectivity index (χ4v) is 3.76. The Morgan fingerprint density at radius 1 is 1.07 bits per heavy atom. The highest BCUT2D eigenvalue weighted by Crippen LogP contribution is 2.34. The first-order valence-electron chi connectivity index (χ1n) is 9.42. The minimum Gasteiger partial charge on any atom is -0.466 e. The van der Waals surface area contributed by atoms with E-state index in [-0.39, 0.29) is 23.0 Å². The Labute approximate surface area is 185 Å². The van der Waals surface area contributed by atoms with E-state index in [9.17, 15) is 9.59 Å². The van der Waals surface area contributed by atoms with E-state index in [1.807, 2.05) is 13.0 Å². The summed E-state index contributed by atoms with van der Waals surface area (Å²) in [6.45, 7) is 6.95. The van der Waals surface area contributed by atoms with Crippen molar-refractivity contribution in [3.05, 3.63) is 80.0 Å². The molecular formula is C23H22Cl2N2O3. The molecule has 1 aromatic heterocycles. The lowest BCUT2D eigenvalue weighted by molar-refractivity contribution is 0.0798. The van der Waals surface area contributed by atoms with Crippen molar-refractivity contribution in [3.8, 4) is 5.88 Å². The zero-order chi connectivity index (χ0) is 22.2. The molecule has 1 atom stereocenters. The third-order valence-corrected chi connectivity index (χ3v) is 6.03. The Balaban J connectivity index is 2.01. The topological polar surface area (TPSA) is 61.2 Å². The molecule has 2 aromatic carbocycles. The molecule has 0 saturated carbocycles. The molecule has 0 radical (unpaired) electrons. The molecule has 0 fully saturated rings. The molecule has 0 aliphatic heterocycles. The molecule has 30 heavy (non-hydrogen) atoms. The average molecular weight is 445 g/mol. The molecule has 3 aromatic rings. The highest BCUT2D eigenvalue weighted by atomic mass is 35.5. The van der Waals surface area contributed by atoms with Gasteiger partial charge in [0, 0.05) is 23.2 Å². The van der Waals surface area contributed by atoms with Crippen molar-refractivity contribution < 1.29 is 14.3 Å². The number of carbonyl (C=O) groups excluding carboxylic acids is 2. The molecule has 156 valence electrons. The summed E-state index contributed by atoms with van der Waals surface area (Å²) in [5.41, 5.74) is 2.99. The molecule has 0 N–H and O–H groups in total. The lowest BCUT2D eigenvalue weighted by atomic mass is 9.99. The van der Waals surface area contributed by atoms with Gasteiger partial charge in [-0.3, -0.25) is 9.59 Å². The second kappa shape index (κ2) is 8.62. The van der Waals surface area contributed by atoms with Crippen LogP contribution in [0.5, 0.6) is 5.88 Å². The molecule has 0 saturated heterocycles. The number of nitrogens with zero attached hydrogens (tertiary/aromatic N) is 2. The fraction of sp³-hybridized carbons (Fsp3) is 0.261. The molecule has 0 aliphatic carbocycles. The Hall–Kier alpha value is -2.63. The van der Waals surface area contributed by atoms with Crippen LogP contribution in [-0.4, -0.2) is 27.5 Å². The Bertz CT molecular complexity index is 1140.